The minimum Gasteiger partial charge on any atom is -0.492 e. The summed E-state index contributed by atoms with van der Waals surface area (Å²) in [4.78, 5) is 14.8. The topological polar surface area (TPSA) is 77.5 Å². The van der Waals surface area contributed by atoms with E-state index in [0.717, 1.165) is 32.2 Å². The Hall–Kier alpha value is -1.57. The molecular weight excluding hydrogens is 374 g/mol. The zero-order valence-corrected chi connectivity index (χ0v) is 17.4. The fraction of sp³-hybridized carbons (Fsp3) is 0.773. The molecule has 0 amide bonds. The van der Waals surface area contributed by atoms with Crippen LogP contribution in [0.15, 0.2) is 22.9 Å². The number of carbonyl (C=O) groups is 1. The van der Waals surface area contributed by atoms with E-state index in [0.29, 0.717) is 28.9 Å². The number of aliphatic hydroxyl groups excluding tert-OH is 1. The van der Waals surface area contributed by atoms with Gasteiger partial charge in [-0.15, -0.1) is 0 Å². The SMILES string of the molecule is CC[C@@H](O)C[C@@]12[C@@H]3C[C@H]4[C@H]5[C@H](C)/C(=C6/OC(=O)C(C)=C6OC)O[C@]5(O3)[C@@H]1CCN42. The molecule has 7 nitrogen and oxygen atoms in total. The number of hydrogen-bond acceptors (Lipinski definition) is 7. The predicted molar refractivity (Wildman–Crippen MR) is 101 cm³/mol. The van der Waals surface area contributed by atoms with Crippen molar-refractivity contribution in [3.63, 3.8) is 0 Å². The number of ether oxygens (including phenoxy) is 4. The van der Waals surface area contributed by atoms with Crippen molar-refractivity contribution >= 4 is 5.97 Å². The highest BCUT2D eigenvalue weighted by atomic mass is 16.7. The van der Waals surface area contributed by atoms with E-state index in [2.05, 4.69) is 11.8 Å². The van der Waals surface area contributed by atoms with Crippen LogP contribution in [0.3, 0.4) is 0 Å². The lowest BCUT2D eigenvalue weighted by atomic mass is 9.69. The third-order valence-electron chi connectivity index (χ3n) is 8.63. The third-order valence-corrected chi connectivity index (χ3v) is 8.63. The summed E-state index contributed by atoms with van der Waals surface area (Å²) in [6.45, 7) is 6.95. The molecule has 6 aliphatic rings. The fourth-order valence-corrected chi connectivity index (χ4v) is 7.61. The maximum atomic E-state index is 12.2. The maximum absolute atomic E-state index is 12.2. The Morgan fingerprint density at radius 3 is 2.93 bits per heavy atom. The highest BCUT2D eigenvalue weighted by Gasteiger charge is 2.84. The summed E-state index contributed by atoms with van der Waals surface area (Å²) in [5, 5.41) is 10.6. The molecule has 0 aliphatic carbocycles. The number of hydrogen-bond donors (Lipinski definition) is 1. The molecule has 6 rings (SSSR count). The predicted octanol–water partition coefficient (Wildman–Crippen LogP) is 2.06. The second-order valence-electron chi connectivity index (χ2n) is 9.58. The molecule has 1 spiro atoms. The summed E-state index contributed by atoms with van der Waals surface area (Å²) in [5.41, 5.74) is 0.346. The van der Waals surface area contributed by atoms with Crippen LogP contribution in [0.4, 0.5) is 0 Å². The maximum Gasteiger partial charge on any atom is 0.343 e. The van der Waals surface area contributed by atoms with Gasteiger partial charge in [0.2, 0.25) is 11.5 Å². The highest BCUT2D eigenvalue weighted by Crippen LogP contribution is 2.73. The van der Waals surface area contributed by atoms with Crippen molar-refractivity contribution in [3.05, 3.63) is 22.9 Å². The number of carbonyl (C=O) groups excluding carboxylic acids is 1. The van der Waals surface area contributed by atoms with Gasteiger partial charge < -0.3 is 24.1 Å². The number of aliphatic hydroxyl groups is 1. The summed E-state index contributed by atoms with van der Waals surface area (Å²) in [5.74, 6) is 0.990. The molecule has 0 aromatic rings. The molecule has 6 aliphatic heterocycles. The van der Waals surface area contributed by atoms with E-state index in [1.165, 1.54) is 0 Å². The van der Waals surface area contributed by atoms with E-state index in [4.69, 9.17) is 18.9 Å². The molecule has 1 unspecified atom stereocenters. The molecular formula is C22H29NO6. The molecule has 9 atom stereocenters. The van der Waals surface area contributed by atoms with E-state index in [-0.39, 0.29) is 41.5 Å². The van der Waals surface area contributed by atoms with Gasteiger partial charge in [0.25, 0.3) is 0 Å². The molecule has 7 heteroatoms. The Balaban J connectivity index is 1.46. The minimum absolute atomic E-state index is 0.0649. The first-order chi connectivity index (χ1) is 13.9. The van der Waals surface area contributed by atoms with Crippen molar-refractivity contribution in [1.82, 2.24) is 4.90 Å². The number of allylic oxidation sites excluding steroid dienone is 1. The van der Waals surface area contributed by atoms with Crippen molar-refractivity contribution in [2.75, 3.05) is 13.7 Å². The van der Waals surface area contributed by atoms with Crippen molar-refractivity contribution in [1.29, 1.82) is 0 Å². The summed E-state index contributed by atoms with van der Waals surface area (Å²) < 4.78 is 24.5. The number of rotatable bonds is 4. The molecule has 0 saturated carbocycles. The van der Waals surface area contributed by atoms with Crippen LogP contribution in [0.2, 0.25) is 0 Å². The first kappa shape index (κ1) is 18.2. The molecule has 0 aromatic carbocycles. The second kappa shape index (κ2) is 5.56. The van der Waals surface area contributed by atoms with E-state index in [1.54, 1.807) is 14.0 Å². The number of esters is 1. The standard InChI is InChI=1S/C22H29NO6/c1-5-12(24)9-21-14-6-7-23(21)13-8-15(21)28-22(14)16(13)10(2)18(29-22)19-17(26-4)11(3)20(25)27-19/h10,12-16,24H,5-9H2,1-4H3/b19-18-/t10-,12+,13-,14+,15-,16+,21-,22+/m0/s1. The van der Waals surface area contributed by atoms with Gasteiger partial charge in [0.1, 0.15) is 5.76 Å². The summed E-state index contributed by atoms with van der Waals surface area (Å²) in [6.07, 6.45) is 3.26. The number of methoxy groups -OCH3 is 1. The van der Waals surface area contributed by atoms with Gasteiger partial charge in [0.05, 0.1) is 36.3 Å². The van der Waals surface area contributed by atoms with Crippen LogP contribution < -0.4 is 0 Å². The Kier molecular flexibility index (Phi) is 3.49. The zero-order chi connectivity index (χ0) is 20.3. The molecule has 5 fully saturated rings. The molecule has 5 bridgehead atoms. The molecule has 0 aromatic heterocycles. The van der Waals surface area contributed by atoms with Crippen LogP contribution in [-0.4, -0.2) is 59.2 Å². The average molecular weight is 403 g/mol. The summed E-state index contributed by atoms with van der Waals surface area (Å²) >= 11 is 0. The number of piperidine rings is 1. The van der Waals surface area contributed by atoms with Crippen LogP contribution >= 0.6 is 0 Å². The fourth-order valence-electron chi connectivity index (χ4n) is 7.61. The Bertz CT molecular complexity index is 865. The second-order valence-corrected chi connectivity index (χ2v) is 9.58. The minimum atomic E-state index is -0.683. The zero-order valence-electron chi connectivity index (χ0n) is 17.4. The quantitative estimate of drug-likeness (QED) is 0.720. The van der Waals surface area contributed by atoms with Crippen LogP contribution in [0.1, 0.15) is 46.5 Å². The molecule has 6 heterocycles. The average Bonchev–Trinajstić information content (AvgIpc) is 3.40. The number of cyclic esters (lactones) is 1. The van der Waals surface area contributed by atoms with Crippen LogP contribution in [0.5, 0.6) is 0 Å². The third kappa shape index (κ3) is 1.85. The van der Waals surface area contributed by atoms with Crippen molar-refractivity contribution in [3.8, 4) is 0 Å². The molecule has 5 saturated heterocycles. The van der Waals surface area contributed by atoms with Crippen LogP contribution in [0, 0.1) is 17.8 Å². The number of nitrogens with zero attached hydrogens (tertiary/aromatic N) is 1. The van der Waals surface area contributed by atoms with Crippen LogP contribution in [0.25, 0.3) is 0 Å². The lowest BCUT2D eigenvalue weighted by Gasteiger charge is -2.48. The molecule has 158 valence electrons. The Morgan fingerprint density at radius 2 is 2.21 bits per heavy atom. The van der Waals surface area contributed by atoms with Gasteiger partial charge in [-0.3, -0.25) is 4.90 Å². The highest BCUT2D eigenvalue weighted by molar-refractivity contribution is 5.93. The first-order valence-electron chi connectivity index (χ1n) is 10.9. The summed E-state index contributed by atoms with van der Waals surface area (Å²) in [6, 6.07) is 0.373. The van der Waals surface area contributed by atoms with Gasteiger partial charge in [0.15, 0.2) is 5.76 Å². The van der Waals surface area contributed by atoms with Gasteiger partial charge in [-0.2, -0.15) is 0 Å². The van der Waals surface area contributed by atoms with Gasteiger partial charge >= 0.3 is 5.97 Å². The molecule has 29 heavy (non-hydrogen) atoms. The smallest absolute Gasteiger partial charge is 0.343 e. The van der Waals surface area contributed by atoms with E-state index >= 15 is 0 Å². The molecule has 0 radical (unpaired) electrons. The van der Waals surface area contributed by atoms with E-state index in [1.807, 2.05) is 6.92 Å². The van der Waals surface area contributed by atoms with Crippen molar-refractivity contribution < 1.29 is 28.8 Å². The Labute approximate surface area is 170 Å². The first-order valence-corrected chi connectivity index (χ1v) is 10.9. The van der Waals surface area contributed by atoms with Gasteiger partial charge in [-0.1, -0.05) is 13.8 Å². The summed E-state index contributed by atoms with van der Waals surface area (Å²) in [7, 11) is 1.56. The van der Waals surface area contributed by atoms with Crippen LogP contribution in [-0.2, 0) is 23.7 Å². The van der Waals surface area contributed by atoms with Crippen molar-refractivity contribution in [2.45, 2.75) is 76.0 Å². The lowest BCUT2D eigenvalue weighted by Crippen LogP contribution is -2.61. The van der Waals surface area contributed by atoms with E-state index in [9.17, 15) is 9.90 Å². The van der Waals surface area contributed by atoms with E-state index < -0.39 is 5.79 Å². The number of fused-ring (bicyclic) bond motifs is 1. The van der Waals surface area contributed by atoms with Gasteiger partial charge in [-0.25, -0.2) is 4.79 Å². The van der Waals surface area contributed by atoms with Gasteiger partial charge in [-0.05, 0) is 39.2 Å². The van der Waals surface area contributed by atoms with Gasteiger partial charge in [0, 0.05) is 17.9 Å². The Morgan fingerprint density at radius 1 is 1.41 bits per heavy atom. The van der Waals surface area contributed by atoms with Crippen molar-refractivity contribution in [2.24, 2.45) is 17.8 Å². The lowest BCUT2D eigenvalue weighted by molar-refractivity contribution is -0.256. The molecule has 1 N–H and O–H groups in total. The monoisotopic (exact) mass is 403 g/mol. The normalized spacial score (nSPS) is 52.2. The largest absolute Gasteiger partial charge is 0.492 e.